The number of para-hydroxylation sites is 1. The van der Waals surface area contributed by atoms with Crippen molar-refractivity contribution < 1.29 is 4.74 Å². The minimum atomic E-state index is 0.921. The standard InChI is InChI=1S/C19H20O/c1-3-4-15-20-19-16(2)9-8-12-18(19)14-13-17-10-6-5-7-11-17/h4-15H,3H2,1-2H3. The second-order valence-corrected chi connectivity index (χ2v) is 4.64. The van der Waals surface area contributed by atoms with E-state index in [-0.39, 0.29) is 0 Å². The van der Waals surface area contributed by atoms with E-state index in [1.165, 1.54) is 5.56 Å². The lowest BCUT2D eigenvalue weighted by Crippen LogP contribution is -1.89. The zero-order valence-corrected chi connectivity index (χ0v) is 12.0. The Bertz CT molecular complexity index is 594. The molecule has 0 aliphatic heterocycles. The first-order chi connectivity index (χ1) is 9.81. The molecule has 2 aromatic rings. The number of benzene rings is 2. The molecule has 1 nitrogen and oxygen atoms in total. The van der Waals surface area contributed by atoms with Crippen LogP contribution in [0.25, 0.3) is 12.2 Å². The van der Waals surface area contributed by atoms with Gasteiger partial charge in [-0.25, -0.2) is 0 Å². The fourth-order valence-electron chi connectivity index (χ4n) is 1.93. The lowest BCUT2D eigenvalue weighted by molar-refractivity contribution is 0.474. The van der Waals surface area contributed by atoms with E-state index in [0.29, 0.717) is 0 Å². The van der Waals surface area contributed by atoms with Gasteiger partial charge in [0.15, 0.2) is 0 Å². The van der Waals surface area contributed by atoms with E-state index in [4.69, 9.17) is 4.74 Å². The Kier molecular flexibility index (Phi) is 5.19. The van der Waals surface area contributed by atoms with Crippen molar-refractivity contribution >= 4 is 12.2 Å². The highest BCUT2D eigenvalue weighted by molar-refractivity contribution is 5.73. The Morgan fingerprint density at radius 2 is 1.75 bits per heavy atom. The zero-order valence-electron chi connectivity index (χ0n) is 12.0. The second-order valence-electron chi connectivity index (χ2n) is 4.64. The Hall–Kier alpha value is -2.28. The molecule has 0 aliphatic rings. The van der Waals surface area contributed by atoms with Gasteiger partial charge in [-0.05, 0) is 30.5 Å². The highest BCUT2D eigenvalue weighted by Crippen LogP contribution is 2.25. The minimum absolute atomic E-state index is 0.921. The zero-order chi connectivity index (χ0) is 14.2. The monoisotopic (exact) mass is 264 g/mol. The molecule has 20 heavy (non-hydrogen) atoms. The molecular formula is C19H20O. The topological polar surface area (TPSA) is 9.23 Å². The van der Waals surface area contributed by atoms with Crippen molar-refractivity contribution in [3.05, 3.63) is 77.6 Å². The highest BCUT2D eigenvalue weighted by Gasteiger charge is 2.03. The van der Waals surface area contributed by atoms with E-state index in [0.717, 1.165) is 23.3 Å². The van der Waals surface area contributed by atoms with E-state index >= 15 is 0 Å². The normalized spacial score (nSPS) is 11.3. The van der Waals surface area contributed by atoms with E-state index < -0.39 is 0 Å². The SMILES string of the molecule is CCC=COc1c(C)cccc1C=Cc1ccccc1. The van der Waals surface area contributed by atoms with Gasteiger partial charge in [-0.2, -0.15) is 0 Å². The molecule has 0 atom stereocenters. The first-order valence-electron chi connectivity index (χ1n) is 6.95. The van der Waals surface area contributed by atoms with Crippen molar-refractivity contribution in [2.45, 2.75) is 20.3 Å². The molecule has 0 unspecified atom stereocenters. The maximum absolute atomic E-state index is 5.76. The summed E-state index contributed by atoms with van der Waals surface area (Å²) in [5.41, 5.74) is 3.42. The molecule has 0 aromatic heterocycles. The molecule has 0 fully saturated rings. The fourth-order valence-corrected chi connectivity index (χ4v) is 1.93. The van der Waals surface area contributed by atoms with Crippen molar-refractivity contribution in [1.29, 1.82) is 0 Å². The van der Waals surface area contributed by atoms with Crippen LogP contribution in [0.15, 0.2) is 60.9 Å². The lowest BCUT2D eigenvalue weighted by Gasteiger charge is -2.08. The maximum atomic E-state index is 5.76. The lowest BCUT2D eigenvalue weighted by atomic mass is 10.1. The number of ether oxygens (including phenoxy) is 1. The molecule has 2 rings (SSSR count). The molecule has 0 aliphatic carbocycles. The third-order valence-electron chi connectivity index (χ3n) is 3.02. The Labute approximate surface area is 121 Å². The van der Waals surface area contributed by atoms with Crippen LogP contribution in [0.4, 0.5) is 0 Å². The van der Waals surface area contributed by atoms with Crippen LogP contribution in [0.5, 0.6) is 5.75 Å². The smallest absolute Gasteiger partial charge is 0.136 e. The quantitative estimate of drug-likeness (QED) is 0.514. The van der Waals surface area contributed by atoms with Crippen molar-refractivity contribution in [1.82, 2.24) is 0 Å². The predicted molar refractivity (Wildman–Crippen MR) is 86.6 cm³/mol. The molecule has 102 valence electrons. The van der Waals surface area contributed by atoms with Gasteiger partial charge in [0.2, 0.25) is 0 Å². The molecule has 0 saturated heterocycles. The van der Waals surface area contributed by atoms with Crippen molar-refractivity contribution in [3.63, 3.8) is 0 Å². The van der Waals surface area contributed by atoms with Gasteiger partial charge >= 0.3 is 0 Å². The van der Waals surface area contributed by atoms with Crippen molar-refractivity contribution in [2.24, 2.45) is 0 Å². The molecule has 1 heteroatoms. The summed E-state index contributed by atoms with van der Waals surface area (Å²) in [4.78, 5) is 0. The van der Waals surface area contributed by atoms with E-state index in [1.54, 1.807) is 6.26 Å². The summed E-state index contributed by atoms with van der Waals surface area (Å²) in [7, 11) is 0. The van der Waals surface area contributed by atoms with Crippen LogP contribution < -0.4 is 4.74 Å². The van der Waals surface area contributed by atoms with E-state index in [1.807, 2.05) is 24.3 Å². The first kappa shape index (κ1) is 14.1. The summed E-state index contributed by atoms with van der Waals surface area (Å²) in [6.45, 7) is 4.16. The van der Waals surface area contributed by atoms with Gasteiger partial charge in [0.05, 0.1) is 6.26 Å². The molecule has 0 bridgehead atoms. The van der Waals surface area contributed by atoms with Crippen LogP contribution in [0.1, 0.15) is 30.0 Å². The first-order valence-corrected chi connectivity index (χ1v) is 6.95. The van der Waals surface area contributed by atoms with Gasteiger partial charge in [-0.3, -0.25) is 0 Å². The van der Waals surface area contributed by atoms with Gasteiger partial charge in [0, 0.05) is 5.56 Å². The number of allylic oxidation sites excluding steroid dienone is 1. The molecule has 0 saturated carbocycles. The molecule has 0 radical (unpaired) electrons. The third-order valence-corrected chi connectivity index (χ3v) is 3.02. The van der Waals surface area contributed by atoms with Crippen molar-refractivity contribution in [3.8, 4) is 5.75 Å². The average molecular weight is 264 g/mol. The van der Waals surface area contributed by atoms with Crippen LogP contribution in [-0.4, -0.2) is 0 Å². The number of aryl methyl sites for hydroxylation is 1. The van der Waals surface area contributed by atoms with E-state index in [2.05, 4.69) is 56.3 Å². The number of hydrogen-bond acceptors (Lipinski definition) is 1. The molecule has 0 spiro atoms. The molecule has 2 aromatic carbocycles. The van der Waals surface area contributed by atoms with Gasteiger partial charge in [0.25, 0.3) is 0 Å². The maximum Gasteiger partial charge on any atom is 0.136 e. The molecular weight excluding hydrogens is 244 g/mol. The summed E-state index contributed by atoms with van der Waals surface area (Å²) in [6.07, 6.45) is 8.95. The Morgan fingerprint density at radius 3 is 2.50 bits per heavy atom. The highest BCUT2D eigenvalue weighted by atomic mass is 16.5. The summed E-state index contributed by atoms with van der Waals surface area (Å²) in [5, 5.41) is 0. The summed E-state index contributed by atoms with van der Waals surface area (Å²) in [6, 6.07) is 16.5. The third kappa shape index (κ3) is 3.86. The predicted octanol–water partition coefficient (Wildman–Crippen LogP) is 5.47. The van der Waals surface area contributed by atoms with Crippen molar-refractivity contribution in [2.75, 3.05) is 0 Å². The summed E-state index contributed by atoms with van der Waals surface area (Å²) < 4.78 is 5.76. The molecule has 0 N–H and O–H groups in total. The Morgan fingerprint density at radius 1 is 0.950 bits per heavy atom. The average Bonchev–Trinajstić information content (AvgIpc) is 2.48. The van der Waals surface area contributed by atoms with Gasteiger partial charge in [-0.15, -0.1) is 0 Å². The molecule has 0 heterocycles. The summed E-state index contributed by atoms with van der Waals surface area (Å²) >= 11 is 0. The summed E-state index contributed by atoms with van der Waals surface area (Å²) in [5.74, 6) is 0.921. The largest absolute Gasteiger partial charge is 0.464 e. The Balaban J connectivity index is 2.25. The van der Waals surface area contributed by atoms with Gasteiger partial charge in [0.1, 0.15) is 5.75 Å². The number of rotatable bonds is 5. The van der Waals surface area contributed by atoms with Gasteiger partial charge in [-0.1, -0.05) is 67.6 Å². The fraction of sp³-hybridized carbons (Fsp3) is 0.158. The minimum Gasteiger partial charge on any atom is -0.464 e. The van der Waals surface area contributed by atoms with Crippen LogP contribution in [0.2, 0.25) is 0 Å². The van der Waals surface area contributed by atoms with Crippen LogP contribution in [0, 0.1) is 6.92 Å². The van der Waals surface area contributed by atoms with Crippen LogP contribution in [-0.2, 0) is 0 Å². The second kappa shape index (κ2) is 7.34. The molecule has 0 amide bonds. The number of hydrogen-bond donors (Lipinski definition) is 0. The van der Waals surface area contributed by atoms with Crippen LogP contribution in [0.3, 0.4) is 0 Å². The van der Waals surface area contributed by atoms with Crippen LogP contribution >= 0.6 is 0 Å². The van der Waals surface area contributed by atoms with Gasteiger partial charge < -0.3 is 4.74 Å². The van der Waals surface area contributed by atoms with E-state index in [9.17, 15) is 0 Å².